The number of aryl methyl sites for hydroxylation is 1. The largest absolute Gasteiger partial charge is 0.489 e. The van der Waals surface area contributed by atoms with Crippen LogP contribution in [0.25, 0.3) is 0 Å². The minimum absolute atomic E-state index is 0.0905. The number of hydrazine groups is 1. The molecule has 1 unspecified atom stereocenters. The van der Waals surface area contributed by atoms with Crippen molar-refractivity contribution in [2.45, 2.75) is 26.4 Å². The second kappa shape index (κ2) is 5.62. The van der Waals surface area contributed by atoms with Crippen LogP contribution in [0, 0.1) is 0 Å². The van der Waals surface area contributed by atoms with Gasteiger partial charge in [0.1, 0.15) is 11.9 Å². The van der Waals surface area contributed by atoms with Crippen LogP contribution in [-0.2, 0) is 6.42 Å². The van der Waals surface area contributed by atoms with Gasteiger partial charge in [0.2, 0.25) is 0 Å². The van der Waals surface area contributed by atoms with Crippen LogP contribution in [0.4, 0.5) is 0 Å². The number of rotatable bonds is 5. The van der Waals surface area contributed by atoms with Crippen LogP contribution in [0.15, 0.2) is 24.3 Å². The van der Waals surface area contributed by atoms with Gasteiger partial charge < -0.3 is 4.74 Å². The summed E-state index contributed by atoms with van der Waals surface area (Å²) in [5, 5.41) is 0. The highest BCUT2D eigenvalue weighted by Gasteiger charge is 2.05. The van der Waals surface area contributed by atoms with Crippen molar-refractivity contribution in [2.24, 2.45) is 5.84 Å². The lowest BCUT2D eigenvalue weighted by Gasteiger charge is -2.16. The Bertz CT molecular complexity index is 276. The number of ether oxygens (including phenoxy) is 1. The van der Waals surface area contributed by atoms with Gasteiger partial charge in [-0.05, 0) is 25.0 Å². The van der Waals surface area contributed by atoms with E-state index in [0.29, 0.717) is 6.54 Å². The highest BCUT2D eigenvalue weighted by atomic mass is 16.5. The molecule has 0 saturated heterocycles. The summed E-state index contributed by atoms with van der Waals surface area (Å²) >= 11 is 0. The summed E-state index contributed by atoms with van der Waals surface area (Å²) in [6.45, 7) is 4.76. The number of nitrogens with one attached hydrogen (secondary N) is 1. The lowest BCUT2D eigenvalue weighted by Crippen LogP contribution is -2.33. The fourth-order valence-electron chi connectivity index (χ4n) is 1.34. The van der Waals surface area contributed by atoms with E-state index in [4.69, 9.17) is 10.6 Å². The second-order valence-electron chi connectivity index (χ2n) is 3.30. The van der Waals surface area contributed by atoms with E-state index in [9.17, 15) is 0 Å². The first-order chi connectivity index (χ1) is 6.77. The Kier molecular flexibility index (Phi) is 4.43. The lowest BCUT2D eigenvalue weighted by molar-refractivity contribution is 0.216. The zero-order chi connectivity index (χ0) is 10.4. The summed E-state index contributed by atoms with van der Waals surface area (Å²) < 4.78 is 5.73. The van der Waals surface area contributed by atoms with Crippen LogP contribution in [0.2, 0.25) is 0 Å². The first-order valence-corrected chi connectivity index (χ1v) is 4.96. The van der Waals surface area contributed by atoms with E-state index < -0.39 is 0 Å². The molecule has 14 heavy (non-hydrogen) atoms. The monoisotopic (exact) mass is 194 g/mol. The van der Waals surface area contributed by atoms with Crippen LogP contribution >= 0.6 is 0 Å². The zero-order valence-corrected chi connectivity index (χ0v) is 8.79. The Labute approximate surface area is 85.2 Å². The standard InChI is InChI=1S/C11H18N2O/c1-3-10-6-4-5-7-11(10)14-9(2)8-13-12/h4-7,9,13H,3,8,12H2,1-2H3. The van der Waals surface area contributed by atoms with Gasteiger partial charge in [-0.15, -0.1) is 0 Å². The van der Waals surface area contributed by atoms with Crippen molar-refractivity contribution < 1.29 is 4.74 Å². The molecule has 3 heteroatoms. The van der Waals surface area contributed by atoms with Crippen LogP contribution in [0.3, 0.4) is 0 Å². The molecule has 1 rings (SSSR count). The highest BCUT2D eigenvalue weighted by Crippen LogP contribution is 2.19. The Balaban J connectivity index is 2.65. The molecule has 0 radical (unpaired) electrons. The first-order valence-electron chi connectivity index (χ1n) is 4.96. The van der Waals surface area contributed by atoms with E-state index in [1.54, 1.807) is 0 Å². The minimum atomic E-state index is 0.0905. The van der Waals surface area contributed by atoms with Gasteiger partial charge in [-0.3, -0.25) is 11.3 Å². The third-order valence-electron chi connectivity index (χ3n) is 2.09. The normalized spacial score (nSPS) is 12.5. The molecule has 0 amide bonds. The average molecular weight is 194 g/mol. The van der Waals surface area contributed by atoms with Crippen molar-refractivity contribution in [1.29, 1.82) is 0 Å². The number of benzene rings is 1. The predicted molar refractivity (Wildman–Crippen MR) is 58.1 cm³/mol. The Morgan fingerprint density at radius 2 is 2.14 bits per heavy atom. The Morgan fingerprint density at radius 1 is 1.43 bits per heavy atom. The van der Waals surface area contributed by atoms with Crippen molar-refractivity contribution >= 4 is 0 Å². The Morgan fingerprint density at radius 3 is 2.79 bits per heavy atom. The predicted octanol–water partition coefficient (Wildman–Crippen LogP) is 1.48. The molecule has 3 nitrogen and oxygen atoms in total. The van der Waals surface area contributed by atoms with Gasteiger partial charge in [-0.1, -0.05) is 25.1 Å². The molecule has 0 bridgehead atoms. The average Bonchev–Trinajstić information content (AvgIpc) is 2.19. The molecule has 0 aromatic heterocycles. The van der Waals surface area contributed by atoms with Gasteiger partial charge >= 0.3 is 0 Å². The van der Waals surface area contributed by atoms with E-state index in [-0.39, 0.29) is 6.10 Å². The fraction of sp³-hybridized carbons (Fsp3) is 0.455. The maximum atomic E-state index is 5.73. The summed E-state index contributed by atoms with van der Waals surface area (Å²) in [7, 11) is 0. The molecule has 1 atom stereocenters. The van der Waals surface area contributed by atoms with Gasteiger partial charge in [-0.25, -0.2) is 0 Å². The summed E-state index contributed by atoms with van der Waals surface area (Å²) in [6.07, 6.45) is 1.08. The van der Waals surface area contributed by atoms with Crippen molar-refractivity contribution in [3.63, 3.8) is 0 Å². The minimum Gasteiger partial charge on any atom is -0.489 e. The molecule has 3 N–H and O–H groups in total. The van der Waals surface area contributed by atoms with Gasteiger partial charge in [0.25, 0.3) is 0 Å². The van der Waals surface area contributed by atoms with E-state index in [2.05, 4.69) is 18.4 Å². The number of hydrogen-bond acceptors (Lipinski definition) is 3. The molecular weight excluding hydrogens is 176 g/mol. The SMILES string of the molecule is CCc1ccccc1OC(C)CNN. The summed E-state index contributed by atoms with van der Waals surface area (Å²) in [4.78, 5) is 0. The zero-order valence-electron chi connectivity index (χ0n) is 8.79. The van der Waals surface area contributed by atoms with E-state index >= 15 is 0 Å². The van der Waals surface area contributed by atoms with Crippen molar-refractivity contribution in [3.05, 3.63) is 29.8 Å². The van der Waals surface area contributed by atoms with Crippen LogP contribution in [-0.4, -0.2) is 12.6 Å². The quantitative estimate of drug-likeness (QED) is 0.551. The van der Waals surface area contributed by atoms with Crippen molar-refractivity contribution in [3.8, 4) is 5.75 Å². The smallest absolute Gasteiger partial charge is 0.122 e. The second-order valence-corrected chi connectivity index (χ2v) is 3.30. The number of hydrogen-bond donors (Lipinski definition) is 2. The first kappa shape index (κ1) is 11.0. The van der Waals surface area contributed by atoms with Crippen LogP contribution in [0.1, 0.15) is 19.4 Å². The van der Waals surface area contributed by atoms with E-state index in [1.165, 1.54) is 5.56 Å². The molecule has 0 fully saturated rings. The Hall–Kier alpha value is -1.06. The maximum Gasteiger partial charge on any atom is 0.122 e. The maximum absolute atomic E-state index is 5.73. The van der Waals surface area contributed by atoms with Gasteiger partial charge in [0.15, 0.2) is 0 Å². The summed E-state index contributed by atoms with van der Waals surface area (Å²) in [5.41, 5.74) is 3.83. The number of nitrogens with two attached hydrogens (primary N) is 1. The van der Waals surface area contributed by atoms with E-state index in [1.807, 2.05) is 25.1 Å². The topological polar surface area (TPSA) is 47.3 Å². The molecule has 1 aromatic carbocycles. The van der Waals surface area contributed by atoms with Gasteiger partial charge in [-0.2, -0.15) is 0 Å². The molecule has 78 valence electrons. The summed E-state index contributed by atoms with van der Waals surface area (Å²) in [6, 6.07) is 8.08. The molecule has 0 aliphatic heterocycles. The molecule has 0 aliphatic carbocycles. The van der Waals surface area contributed by atoms with E-state index in [0.717, 1.165) is 12.2 Å². The molecule has 0 aliphatic rings. The van der Waals surface area contributed by atoms with Crippen LogP contribution in [0.5, 0.6) is 5.75 Å². The number of para-hydroxylation sites is 1. The highest BCUT2D eigenvalue weighted by molar-refractivity contribution is 5.33. The third-order valence-corrected chi connectivity index (χ3v) is 2.09. The fourth-order valence-corrected chi connectivity index (χ4v) is 1.34. The molecular formula is C11H18N2O. The van der Waals surface area contributed by atoms with Crippen molar-refractivity contribution in [2.75, 3.05) is 6.54 Å². The van der Waals surface area contributed by atoms with Crippen LogP contribution < -0.4 is 16.0 Å². The lowest BCUT2D eigenvalue weighted by atomic mass is 10.1. The third kappa shape index (κ3) is 3.01. The molecule has 0 saturated carbocycles. The van der Waals surface area contributed by atoms with Crippen molar-refractivity contribution in [1.82, 2.24) is 5.43 Å². The molecule has 1 aromatic rings. The van der Waals surface area contributed by atoms with Gasteiger partial charge in [0, 0.05) is 6.54 Å². The molecule has 0 heterocycles. The summed E-state index contributed by atoms with van der Waals surface area (Å²) in [5.74, 6) is 6.18. The molecule has 0 spiro atoms. The van der Waals surface area contributed by atoms with Gasteiger partial charge in [0.05, 0.1) is 0 Å².